The highest BCUT2D eigenvalue weighted by molar-refractivity contribution is 7.99. The van der Waals surface area contributed by atoms with Crippen LogP contribution in [0.5, 0.6) is 5.75 Å². The number of thiophene rings is 1. The Morgan fingerprint density at radius 1 is 1.46 bits per heavy atom. The number of aromatic amines is 1. The number of methoxy groups -OCH3 is 1. The highest BCUT2D eigenvalue weighted by atomic mass is 35.5. The van der Waals surface area contributed by atoms with E-state index in [-0.39, 0.29) is 17.7 Å². The van der Waals surface area contributed by atoms with Gasteiger partial charge in [0.05, 0.1) is 24.5 Å². The molecule has 1 atom stereocenters. The van der Waals surface area contributed by atoms with E-state index in [0.717, 1.165) is 10.4 Å². The lowest BCUT2D eigenvalue weighted by Crippen LogP contribution is -2.27. The summed E-state index contributed by atoms with van der Waals surface area (Å²) in [5.74, 6) is 1.35. The van der Waals surface area contributed by atoms with Crippen molar-refractivity contribution in [3.05, 3.63) is 45.6 Å². The van der Waals surface area contributed by atoms with Gasteiger partial charge in [0.25, 0.3) is 0 Å². The Kier molecular flexibility index (Phi) is 6.18. The summed E-state index contributed by atoms with van der Waals surface area (Å²) in [5, 5.41) is 13.0. The quantitative estimate of drug-likeness (QED) is 0.573. The number of H-pyrrole nitrogens is 1. The van der Waals surface area contributed by atoms with Gasteiger partial charge in [-0.25, -0.2) is 4.98 Å². The minimum Gasteiger partial charge on any atom is -0.496 e. The number of hydrogen-bond acceptors (Lipinski definition) is 6. The van der Waals surface area contributed by atoms with Gasteiger partial charge >= 0.3 is 0 Å². The monoisotopic (exact) mass is 408 g/mol. The molecule has 0 aliphatic rings. The van der Waals surface area contributed by atoms with Crippen LogP contribution in [-0.2, 0) is 4.79 Å². The van der Waals surface area contributed by atoms with Crippen LogP contribution in [-0.4, -0.2) is 34.0 Å². The number of nitrogens with one attached hydrogen (secondary N) is 2. The second-order valence-electron chi connectivity index (χ2n) is 5.40. The normalized spacial score (nSPS) is 12.0. The largest absolute Gasteiger partial charge is 0.496 e. The number of nitrogens with zero attached hydrogens (tertiary/aromatic N) is 2. The summed E-state index contributed by atoms with van der Waals surface area (Å²) in [6, 6.07) is 9.23. The van der Waals surface area contributed by atoms with E-state index in [1.807, 2.05) is 24.4 Å². The van der Waals surface area contributed by atoms with Crippen molar-refractivity contribution in [2.45, 2.75) is 18.1 Å². The molecular weight excluding hydrogens is 392 g/mol. The number of benzene rings is 1. The SMILES string of the molecule is COc1ccc(Cl)cc1-c1nc(SCC(=O)N[C@@H](C)c2cccs2)n[nH]1. The minimum absolute atomic E-state index is 0.0125. The van der Waals surface area contributed by atoms with Crippen LogP contribution >= 0.6 is 34.7 Å². The van der Waals surface area contributed by atoms with E-state index in [1.165, 1.54) is 11.8 Å². The Labute approximate surface area is 164 Å². The number of ether oxygens (including phenoxy) is 1. The van der Waals surface area contributed by atoms with Gasteiger partial charge in [-0.3, -0.25) is 9.89 Å². The van der Waals surface area contributed by atoms with Gasteiger partial charge in [-0.05, 0) is 36.6 Å². The molecule has 3 aromatic rings. The fourth-order valence-corrected chi connectivity index (χ4v) is 3.83. The van der Waals surface area contributed by atoms with Crippen molar-refractivity contribution in [1.82, 2.24) is 20.5 Å². The molecule has 2 heterocycles. The van der Waals surface area contributed by atoms with Crippen LogP contribution in [0.15, 0.2) is 40.9 Å². The summed E-state index contributed by atoms with van der Waals surface area (Å²) in [6.45, 7) is 1.96. The first-order chi connectivity index (χ1) is 12.6. The number of carbonyl (C=O) groups excluding carboxylic acids is 1. The van der Waals surface area contributed by atoms with Crippen molar-refractivity contribution in [2.24, 2.45) is 0 Å². The molecule has 3 rings (SSSR count). The van der Waals surface area contributed by atoms with Crippen LogP contribution < -0.4 is 10.1 Å². The zero-order valence-corrected chi connectivity index (χ0v) is 16.5. The zero-order valence-electron chi connectivity index (χ0n) is 14.2. The molecule has 26 heavy (non-hydrogen) atoms. The number of hydrogen-bond donors (Lipinski definition) is 2. The number of aromatic nitrogens is 3. The van der Waals surface area contributed by atoms with Gasteiger partial charge in [-0.1, -0.05) is 29.4 Å². The van der Waals surface area contributed by atoms with E-state index >= 15 is 0 Å². The molecule has 136 valence electrons. The van der Waals surface area contributed by atoms with Gasteiger partial charge in [0, 0.05) is 9.90 Å². The van der Waals surface area contributed by atoms with Gasteiger partial charge in [-0.15, -0.1) is 16.4 Å². The lowest BCUT2D eigenvalue weighted by atomic mass is 10.2. The molecule has 0 aliphatic heterocycles. The summed E-state index contributed by atoms with van der Waals surface area (Å²) in [5.41, 5.74) is 0.718. The third kappa shape index (κ3) is 4.57. The highest BCUT2D eigenvalue weighted by Crippen LogP contribution is 2.31. The summed E-state index contributed by atoms with van der Waals surface area (Å²) in [4.78, 5) is 17.6. The van der Waals surface area contributed by atoms with Crippen LogP contribution in [0.2, 0.25) is 5.02 Å². The molecule has 0 aliphatic carbocycles. The number of thioether (sulfide) groups is 1. The molecule has 0 spiro atoms. The van der Waals surface area contributed by atoms with Crippen molar-refractivity contribution >= 4 is 40.6 Å². The Bertz CT molecular complexity index is 883. The summed E-state index contributed by atoms with van der Waals surface area (Å²) in [6.07, 6.45) is 0. The lowest BCUT2D eigenvalue weighted by molar-refractivity contribution is -0.119. The molecular formula is C17H17ClN4O2S2. The number of amides is 1. The van der Waals surface area contributed by atoms with Gasteiger partial charge < -0.3 is 10.1 Å². The molecule has 0 saturated heterocycles. The average molecular weight is 409 g/mol. The number of rotatable bonds is 7. The highest BCUT2D eigenvalue weighted by Gasteiger charge is 2.14. The predicted molar refractivity (Wildman–Crippen MR) is 105 cm³/mol. The average Bonchev–Trinajstić information content (AvgIpc) is 3.32. The Balaban J connectivity index is 1.60. The van der Waals surface area contributed by atoms with E-state index in [4.69, 9.17) is 16.3 Å². The molecule has 9 heteroatoms. The summed E-state index contributed by atoms with van der Waals surface area (Å²) >= 11 is 8.93. The predicted octanol–water partition coefficient (Wildman–Crippen LogP) is 4.16. The first-order valence-electron chi connectivity index (χ1n) is 7.78. The molecule has 0 fully saturated rings. The first kappa shape index (κ1) is 18.8. The smallest absolute Gasteiger partial charge is 0.230 e. The molecule has 0 bridgehead atoms. The van der Waals surface area contributed by atoms with Crippen LogP contribution in [0.25, 0.3) is 11.4 Å². The summed E-state index contributed by atoms with van der Waals surface area (Å²) < 4.78 is 5.32. The summed E-state index contributed by atoms with van der Waals surface area (Å²) in [7, 11) is 1.58. The maximum absolute atomic E-state index is 12.1. The van der Waals surface area contributed by atoms with Gasteiger partial charge in [-0.2, -0.15) is 0 Å². The zero-order chi connectivity index (χ0) is 18.5. The molecule has 6 nitrogen and oxygen atoms in total. The van der Waals surface area contributed by atoms with E-state index < -0.39 is 0 Å². The fourth-order valence-electron chi connectivity index (χ4n) is 2.32. The molecule has 2 N–H and O–H groups in total. The van der Waals surface area contributed by atoms with E-state index in [9.17, 15) is 4.79 Å². The standard InChI is InChI=1S/C17H17ClN4O2S2/c1-10(14-4-3-7-25-14)19-15(23)9-26-17-20-16(21-22-17)12-8-11(18)5-6-13(12)24-2/h3-8,10H,9H2,1-2H3,(H,19,23)(H,20,21,22)/t10-/m0/s1. The minimum atomic E-state index is -0.0670. The molecule has 1 aromatic carbocycles. The number of carbonyl (C=O) groups is 1. The van der Waals surface area contributed by atoms with Crippen LogP contribution in [0.1, 0.15) is 17.8 Å². The van der Waals surface area contributed by atoms with Crippen LogP contribution in [0.4, 0.5) is 0 Å². The van der Waals surface area contributed by atoms with Crippen molar-refractivity contribution in [3.63, 3.8) is 0 Å². The van der Waals surface area contributed by atoms with Crippen molar-refractivity contribution in [1.29, 1.82) is 0 Å². The molecule has 0 saturated carbocycles. The van der Waals surface area contributed by atoms with Crippen LogP contribution in [0, 0.1) is 0 Å². The van der Waals surface area contributed by atoms with E-state index in [0.29, 0.717) is 21.8 Å². The van der Waals surface area contributed by atoms with Gasteiger partial charge in [0.2, 0.25) is 11.1 Å². The third-order valence-electron chi connectivity index (χ3n) is 3.56. The van der Waals surface area contributed by atoms with Crippen molar-refractivity contribution < 1.29 is 9.53 Å². The lowest BCUT2D eigenvalue weighted by Gasteiger charge is -2.11. The molecule has 1 amide bonds. The van der Waals surface area contributed by atoms with Gasteiger partial charge in [0.1, 0.15) is 5.75 Å². The first-order valence-corrected chi connectivity index (χ1v) is 10.0. The van der Waals surface area contributed by atoms with Crippen molar-refractivity contribution in [2.75, 3.05) is 12.9 Å². The van der Waals surface area contributed by atoms with E-state index in [2.05, 4.69) is 20.5 Å². The Morgan fingerprint density at radius 2 is 2.31 bits per heavy atom. The second-order valence-corrected chi connectivity index (χ2v) is 7.76. The number of halogens is 1. The topological polar surface area (TPSA) is 79.9 Å². The Morgan fingerprint density at radius 3 is 3.04 bits per heavy atom. The fraction of sp³-hybridized carbons (Fsp3) is 0.235. The molecule has 0 radical (unpaired) electrons. The third-order valence-corrected chi connectivity index (χ3v) is 5.70. The van der Waals surface area contributed by atoms with E-state index in [1.54, 1.807) is 36.6 Å². The van der Waals surface area contributed by atoms with Crippen molar-refractivity contribution in [3.8, 4) is 17.1 Å². The molecule has 2 aromatic heterocycles. The second kappa shape index (κ2) is 8.57. The molecule has 0 unspecified atom stereocenters. The maximum Gasteiger partial charge on any atom is 0.230 e. The Hall–Kier alpha value is -2.03. The van der Waals surface area contributed by atoms with Crippen LogP contribution in [0.3, 0.4) is 0 Å². The maximum atomic E-state index is 12.1. The van der Waals surface area contributed by atoms with Gasteiger partial charge in [0.15, 0.2) is 5.82 Å².